The van der Waals surface area contributed by atoms with Gasteiger partial charge >= 0.3 is 0 Å². The zero-order valence-corrected chi connectivity index (χ0v) is 15.2. The highest BCUT2D eigenvalue weighted by molar-refractivity contribution is 9.10. The third-order valence-corrected chi connectivity index (χ3v) is 6.64. The Balaban J connectivity index is 1.67. The number of nitrogens with two attached hydrogens (primary N) is 1. The second kappa shape index (κ2) is 7.09. The lowest BCUT2D eigenvalue weighted by molar-refractivity contribution is 0.147. The zero-order valence-electron chi connectivity index (χ0n) is 12.8. The van der Waals surface area contributed by atoms with Crippen LogP contribution in [0.15, 0.2) is 15.9 Å². The quantitative estimate of drug-likeness (QED) is 0.879. The fraction of sp³-hybridized carbons (Fsp3) is 0.750. The second-order valence-electron chi connectivity index (χ2n) is 6.51. The minimum absolute atomic E-state index is 0.177. The van der Waals surface area contributed by atoms with Crippen molar-refractivity contribution in [3.8, 4) is 0 Å². The summed E-state index contributed by atoms with van der Waals surface area (Å²) in [5, 5.41) is 2.17. The molecule has 0 bridgehead atoms. The molecular formula is C16H26BrN3S. The molecular weight excluding hydrogens is 346 g/mol. The number of halogens is 1. The topological polar surface area (TPSA) is 32.5 Å². The molecule has 2 aliphatic heterocycles. The molecule has 0 radical (unpaired) electrons. The minimum Gasteiger partial charge on any atom is -0.326 e. The van der Waals surface area contributed by atoms with Crippen molar-refractivity contribution in [2.45, 2.75) is 50.7 Å². The molecule has 3 rings (SSSR count). The van der Waals surface area contributed by atoms with E-state index in [2.05, 4.69) is 44.1 Å². The first-order valence-electron chi connectivity index (χ1n) is 8.13. The highest BCUT2D eigenvalue weighted by Crippen LogP contribution is 2.34. The van der Waals surface area contributed by atoms with Gasteiger partial charge in [-0.25, -0.2) is 0 Å². The fourth-order valence-corrected chi connectivity index (χ4v) is 5.55. The molecule has 118 valence electrons. The summed E-state index contributed by atoms with van der Waals surface area (Å²) < 4.78 is 1.18. The molecule has 0 aliphatic carbocycles. The Morgan fingerprint density at radius 2 is 2.05 bits per heavy atom. The van der Waals surface area contributed by atoms with Crippen LogP contribution in [0.2, 0.25) is 0 Å². The summed E-state index contributed by atoms with van der Waals surface area (Å²) in [6.45, 7) is 7.11. The van der Waals surface area contributed by atoms with E-state index in [1.807, 2.05) is 11.3 Å². The average molecular weight is 372 g/mol. The molecule has 3 atom stereocenters. The van der Waals surface area contributed by atoms with Gasteiger partial charge < -0.3 is 5.73 Å². The average Bonchev–Trinajstić information content (AvgIpc) is 3.10. The molecule has 2 N–H and O–H groups in total. The Bertz CT molecular complexity index is 456. The van der Waals surface area contributed by atoms with Gasteiger partial charge in [0.05, 0.1) is 6.04 Å². The van der Waals surface area contributed by atoms with E-state index >= 15 is 0 Å². The van der Waals surface area contributed by atoms with Gasteiger partial charge in [0, 0.05) is 39.9 Å². The lowest BCUT2D eigenvalue weighted by Gasteiger charge is -2.34. The molecule has 2 saturated heterocycles. The number of hydrogen-bond acceptors (Lipinski definition) is 4. The largest absolute Gasteiger partial charge is 0.326 e. The van der Waals surface area contributed by atoms with Crippen molar-refractivity contribution in [3.63, 3.8) is 0 Å². The van der Waals surface area contributed by atoms with Gasteiger partial charge in [-0.1, -0.05) is 6.42 Å². The summed E-state index contributed by atoms with van der Waals surface area (Å²) >= 11 is 5.40. The maximum Gasteiger partial charge on any atom is 0.0591 e. The van der Waals surface area contributed by atoms with Crippen LogP contribution in [0.4, 0.5) is 0 Å². The van der Waals surface area contributed by atoms with E-state index in [1.54, 1.807) is 0 Å². The molecule has 2 fully saturated rings. The van der Waals surface area contributed by atoms with Crippen molar-refractivity contribution < 1.29 is 0 Å². The van der Waals surface area contributed by atoms with E-state index in [1.165, 1.54) is 61.2 Å². The van der Waals surface area contributed by atoms with Gasteiger partial charge in [-0.15, -0.1) is 11.3 Å². The third kappa shape index (κ3) is 3.70. The molecule has 3 nitrogen and oxygen atoms in total. The Hall–Kier alpha value is 0.0600. The first-order chi connectivity index (χ1) is 10.1. The van der Waals surface area contributed by atoms with Crippen LogP contribution in [0.3, 0.4) is 0 Å². The van der Waals surface area contributed by atoms with Crippen molar-refractivity contribution >= 4 is 27.3 Å². The molecule has 21 heavy (non-hydrogen) atoms. The highest BCUT2D eigenvalue weighted by Gasteiger charge is 2.34. The second-order valence-corrected chi connectivity index (χ2v) is 8.36. The lowest BCUT2D eigenvalue weighted by Crippen LogP contribution is -2.43. The first-order valence-corrected chi connectivity index (χ1v) is 9.80. The summed E-state index contributed by atoms with van der Waals surface area (Å²) in [5.41, 5.74) is 6.32. The van der Waals surface area contributed by atoms with Gasteiger partial charge in [0.1, 0.15) is 0 Å². The van der Waals surface area contributed by atoms with Gasteiger partial charge in [0.15, 0.2) is 0 Å². The Kier molecular flexibility index (Phi) is 5.38. The van der Waals surface area contributed by atoms with Crippen molar-refractivity contribution in [2.75, 3.05) is 26.2 Å². The molecule has 0 aromatic carbocycles. The van der Waals surface area contributed by atoms with Crippen molar-refractivity contribution in [3.05, 3.63) is 20.8 Å². The number of hydrogen-bond donors (Lipinski definition) is 1. The SMILES string of the molecule is CC(N)C(c1cc(Br)cs1)N1CCC(N2CCCCC2)C1. The van der Waals surface area contributed by atoms with Crippen LogP contribution in [0.25, 0.3) is 0 Å². The van der Waals surface area contributed by atoms with Crippen LogP contribution in [0, 0.1) is 0 Å². The van der Waals surface area contributed by atoms with Crippen LogP contribution in [-0.4, -0.2) is 48.1 Å². The number of likely N-dealkylation sites (tertiary alicyclic amines) is 2. The van der Waals surface area contributed by atoms with E-state index in [0.29, 0.717) is 6.04 Å². The molecule has 1 aromatic heterocycles. The lowest BCUT2D eigenvalue weighted by atomic mass is 10.1. The Morgan fingerprint density at radius 1 is 1.29 bits per heavy atom. The summed E-state index contributed by atoms with van der Waals surface area (Å²) in [4.78, 5) is 6.73. The molecule has 0 amide bonds. The predicted octanol–water partition coefficient (Wildman–Crippen LogP) is 3.46. The molecule has 0 saturated carbocycles. The maximum absolute atomic E-state index is 6.32. The summed E-state index contributed by atoms with van der Waals surface area (Å²) in [5.74, 6) is 0. The molecule has 0 spiro atoms. The number of thiophene rings is 1. The van der Waals surface area contributed by atoms with Crippen LogP contribution < -0.4 is 5.73 Å². The van der Waals surface area contributed by atoms with Gasteiger partial charge in [-0.3, -0.25) is 9.80 Å². The molecule has 3 unspecified atom stereocenters. The number of rotatable bonds is 4. The predicted molar refractivity (Wildman–Crippen MR) is 93.8 cm³/mol. The maximum atomic E-state index is 6.32. The normalized spacial score (nSPS) is 27.9. The molecule has 2 aliphatic rings. The monoisotopic (exact) mass is 371 g/mol. The number of nitrogens with zero attached hydrogens (tertiary/aromatic N) is 2. The Labute approximate surface area is 140 Å². The van der Waals surface area contributed by atoms with Crippen molar-refractivity contribution in [2.24, 2.45) is 5.73 Å². The minimum atomic E-state index is 0.177. The molecule has 3 heterocycles. The molecule has 5 heteroatoms. The van der Waals surface area contributed by atoms with Gasteiger partial charge in [0.2, 0.25) is 0 Å². The summed E-state index contributed by atoms with van der Waals surface area (Å²) in [7, 11) is 0. The highest BCUT2D eigenvalue weighted by atomic mass is 79.9. The first kappa shape index (κ1) is 15.9. The van der Waals surface area contributed by atoms with Gasteiger partial charge in [-0.2, -0.15) is 0 Å². The molecule has 1 aromatic rings. The third-order valence-electron chi connectivity index (χ3n) is 4.87. The van der Waals surface area contributed by atoms with Crippen LogP contribution >= 0.6 is 27.3 Å². The van der Waals surface area contributed by atoms with E-state index < -0.39 is 0 Å². The van der Waals surface area contributed by atoms with E-state index in [0.717, 1.165) is 6.04 Å². The zero-order chi connectivity index (χ0) is 14.8. The van der Waals surface area contributed by atoms with Gasteiger partial charge in [0.25, 0.3) is 0 Å². The van der Waals surface area contributed by atoms with E-state index in [9.17, 15) is 0 Å². The van der Waals surface area contributed by atoms with Gasteiger partial charge in [-0.05, 0) is 61.3 Å². The van der Waals surface area contributed by atoms with E-state index in [4.69, 9.17) is 5.73 Å². The summed E-state index contributed by atoms with van der Waals surface area (Å²) in [6, 6.07) is 3.54. The Morgan fingerprint density at radius 3 is 2.67 bits per heavy atom. The van der Waals surface area contributed by atoms with Crippen LogP contribution in [0.1, 0.15) is 43.5 Å². The van der Waals surface area contributed by atoms with Crippen LogP contribution in [0.5, 0.6) is 0 Å². The smallest absolute Gasteiger partial charge is 0.0591 e. The van der Waals surface area contributed by atoms with Crippen molar-refractivity contribution in [1.29, 1.82) is 0 Å². The van der Waals surface area contributed by atoms with E-state index in [-0.39, 0.29) is 6.04 Å². The van der Waals surface area contributed by atoms with Crippen molar-refractivity contribution in [1.82, 2.24) is 9.80 Å². The standard InChI is InChI=1S/C16H26BrN3S/c1-12(18)16(15-9-13(17)11-21-15)20-8-5-14(10-20)19-6-3-2-4-7-19/h9,11-12,14,16H,2-8,10,18H2,1H3. The fourth-order valence-electron chi connectivity index (χ4n) is 3.86. The van der Waals surface area contributed by atoms with Crippen LogP contribution in [-0.2, 0) is 0 Å². The summed E-state index contributed by atoms with van der Waals surface area (Å²) in [6.07, 6.45) is 5.48. The number of piperidine rings is 1.